The maximum atomic E-state index is 14.0. The molecule has 9 nitrogen and oxygen atoms in total. The number of pyridine rings is 1. The van der Waals surface area contributed by atoms with Gasteiger partial charge in [-0.1, -0.05) is 31.5 Å². The molecule has 0 bridgehead atoms. The zero-order valence-corrected chi connectivity index (χ0v) is 25.8. The number of carbonyl (C=O) groups is 3. The lowest BCUT2D eigenvalue weighted by Crippen LogP contribution is -2.55. The van der Waals surface area contributed by atoms with E-state index in [0.29, 0.717) is 49.8 Å². The Morgan fingerprint density at radius 1 is 1.13 bits per heavy atom. The quantitative estimate of drug-likeness (QED) is 0.378. The molecule has 0 spiro atoms. The summed E-state index contributed by atoms with van der Waals surface area (Å²) in [5, 5.41) is 19.9. The largest absolute Gasteiger partial charge is 0.492 e. The van der Waals surface area contributed by atoms with Crippen molar-refractivity contribution in [1.29, 1.82) is 5.26 Å². The Morgan fingerprint density at radius 2 is 1.82 bits per heavy atom. The molecular weight excluding hydrogens is 589 g/mol. The lowest BCUT2D eigenvalue weighted by Gasteiger charge is -2.44. The van der Waals surface area contributed by atoms with Gasteiger partial charge in [-0.05, 0) is 58.1 Å². The van der Waals surface area contributed by atoms with Crippen molar-refractivity contribution in [2.75, 3.05) is 26.2 Å². The van der Waals surface area contributed by atoms with Crippen LogP contribution < -0.4 is 4.74 Å². The van der Waals surface area contributed by atoms with Gasteiger partial charge in [0.05, 0.1) is 33.9 Å². The lowest BCUT2D eigenvalue weighted by atomic mass is 9.73. The van der Waals surface area contributed by atoms with Gasteiger partial charge in [-0.2, -0.15) is 18.4 Å². The molecule has 2 atom stereocenters. The van der Waals surface area contributed by atoms with Crippen LogP contribution in [0.5, 0.6) is 5.75 Å². The first-order valence-electron chi connectivity index (χ1n) is 15.2. The third-order valence-corrected chi connectivity index (χ3v) is 9.01. The van der Waals surface area contributed by atoms with Gasteiger partial charge in [0.15, 0.2) is 0 Å². The Labute approximate surface area is 261 Å². The second-order valence-electron chi connectivity index (χ2n) is 12.5. The number of para-hydroxylation sites is 1. The van der Waals surface area contributed by atoms with Crippen LogP contribution in [0.2, 0.25) is 0 Å². The number of ether oxygens (including phenoxy) is 1. The summed E-state index contributed by atoms with van der Waals surface area (Å²) in [6, 6.07) is 9.70. The van der Waals surface area contributed by atoms with E-state index in [1.54, 1.807) is 43.0 Å². The van der Waals surface area contributed by atoms with Gasteiger partial charge >= 0.3 is 12.1 Å². The number of amides is 2. The first kappa shape index (κ1) is 33.7. The number of halogens is 3. The number of aromatic nitrogens is 1. The van der Waals surface area contributed by atoms with Gasteiger partial charge in [0.2, 0.25) is 5.91 Å². The fourth-order valence-electron chi connectivity index (χ4n) is 6.31. The number of nitriles is 1. The second-order valence-corrected chi connectivity index (χ2v) is 12.5. The third kappa shape index (κ3) is 7.08. The van der Waals surface area contributed by atoms with Gasteiger partial charge in [0, 0.05) is 43.6 Å². The van der Waals surface area contributed by atoms with Crippen LogP contribution >= 0.6 is 0 Å². The minimum Gasteiger partial charge on any atom is -0.492 e. The van der Waals surface area contributed by atoms with E-state index in [9.17, 15) is 37.9 Å². The summed E-state index contributed by atoms with van der Waals surface area (Å²) in [5.41, 5.74) is -3.05. The molecule has 242 valence electrons. The summed E-state index contributed by atoms with van der Waals surface area (Å²) in [6.07, 6.45) is -0.0923. The number of aliphatic carboxylic acids is 1. The van der Waals surface area contributed by atoms with Crippen molar-refractivity contribution in [1.82, 2.24) is 14.8 Å². The Morgan fingerprint density at radius 3 is 2.44 bits per heavy atom. The minimum absolute atomic E-state index is 0.0926. The monoisotopic (exact) mass is 628 g/mol. The number of benzene rings is 1. The molecule has 2 aliphatic heterocycles. The van der Waals surface area contributed by atoms with Crippen LogP contribution in [0, 0.1) is 22.7 Å². The van der Waals surface area contributed by atoms with Crippen molar-refractivity contribution in [2.24, 2.45) is 11.3 Å². The molecule has 0 radical (unpaired) electrons. The smallest absolute Gasteiger partial charge is 0.417 e. The average molecular weight is 629 g/mol. The maximum Gasteiger partial charge on any atom is 0.417 e. The van der Waals surface area contributed by atoms with E-state index in [-0.39, 0.29) is 32.1 Å². The molecule has 1 aromatic heterocycles. The summed E-state index contributed by atoms with van der Waals surface area (Å²) in [5.74, 6) is -2.13. The maximum absolute atomic E-state index is 14.0. The molecule has 2 unspecified atom stereocenters. The average Bonchev–Trinajstić information content (AvgIpc) is 3.03. The van der Waals surface area contributed by atoms with Crippen LogP contribution in [0.4, 0.5) is 13.2 Å². The fraction of sp³-hybridized carbons (Fsp3) is 0.545. The van der Waals surface area contributed by atoms with E-state index in [0.717, 1.165) is 18.5 Å². The number of piperidine rings is 2. The van der Waals surface area contributed by atoms with Crippen molar-refractivity contribution >= 4 is 17.8 Å². The number of alkyl halides is 3. The van der Waals surface area contributed by atoms with Gasteiger partial charge in [0.1, 0.15) is 12.4 Å². The van der Waals surface area contributed by atoms with Crippen molar-refractivity contribution in [3.05, 3.63) is 59.4 Å². The Hall–Kier alpha value is -4.14. The minimum atomic E-state index is -4.73. The Balaban J connectivity index is 1.52. The van der Waals surface area contributed by atoms with Crippen LogP contribution in [0.3, 0.4) is 0 Å². The second kappa shape index (κ2) is 13.5. The highest BCUT2D eigenvalue weighted by atomic mass is 19.4. The summed E-state index contributed by atoms with van der Waals surface area (Å²) in [4.78, 5) is 46.0. The van der Waals surface area contributed by atoms with Gasteiger partial charge in [-0.15, -0.1) is 0 Å². The summed E-state index contributed by atoms with van der Waals surface area (Å²) >= 11 is 0. The van der Waals surface area contributed by atoms with Gasteiger partial charge in [-0.25, -0.2) is 0 Å². The van der Waals surface area contributed by atoms with E-state index in [1.165, 1.54) is 4.90 Å². The molecule has 4 rings (SSSR count). The molecule has 2 saturated heterocycles. The Bertz CT molecular complexity index is 1450. The highest BCUT2D eigenvalue weighted by Crippen LogP contribution is 2.42. The molecule has 3 heterocycles. The van der Waals surface area contributed by atoms with Crippen LogP contribution in [-0.2, 0) is 21.2 Å². The summed E-state index contributed by atoms with van der Waals surface area (Å²) in [6.45, 7) is 5.71. The highest BCUT2D eigenvalue weighted by molar-refractivity contribution is 5.96. The van der Waals surface area contributed by atoms with Crippen LogP contribution in [-0.4, -0.2) is 70.0 Å². The van der Waals surface area contributed by atoms with Gasteiger partial charge in [0.25, 0.3) is 5.91 Å². The zero-order valence-electron chi connectivity index (χ0n) is 25.8. The molecule has 0 aliphatic carbocycles. The summed E-state index contributed by atoms with van der Waals surface area (Å²) < 4.78 is 47.1. The fourth-order valence-corrected chi connectivity index (χ4v) is 6.31. The van der Waals surface area contributed by atoms with E-state index in [2.05, 4.69) is 11.1 Å². The first-order chi connectivity index (χ1) is 21.3. The van der Waals surface area contributed by atoms with Gasteiger partial charge < -0.3 is 19.6 Å². The summed E-state index contributed by atoms with van der Waals surface area (Å²) in [7, 11) is 0. The van der Waals surface area contributed by atoms with Gasteiger partial charge in [-0.3, -0.25) is 19.4 Å². The Kier molecular flexibility index (Phi) is 10.1. The molecule has 2 amide bonds. The predicted molar refractivity (Wildman–Crippen MR) is 158 cm³/mol. The van der Waals surface area contributed by atoms with Crippen molar-refractivity contribution in [3.63, 3.8) is 0 Å². The molecule has 2 aromatic rings. The van der Waals surface area contributed by atoms with E-state index >= 15 is 0 Å². The molecule has 12 heteroatoms. The van der Waals surface area contributed by atoms with E-state index in [4.69, 9.17) is 4.74 Å². The number of hydrogen-bond donors (Lipinski definition) is 1. The number of carboxylic acids is 1. The predicted octanol–water partition coefficient (Wildman–Crippen LogP) is 5.69. The van der Waals surface area contributed by atoms with Crippen molar-refractivity contribution in [3.8, 4) is 11.8 Å². The molecule has 0 saturated carbocycles. The number of rotatable bonds is 9. The normalized spacial score (nSPS) is 20.3. The van der Waals surface area contributed by atoms with Crippen LogP contribution in [0.25, 0.3) is 0 Å². The van der Waals surface area contributed by atoms with E-state index < -0.39 is 52.0 Å². The zero-order chi connectivity index (χ0) is 33.0. The molecule has 1 N–H and O–H groups in total. The molecular formula is C33H39F3N4O5. The molecule has 45 heavy (non-hydrogen) atoms. The van der Waals surface area contributed by atoms with Crippen LogP contribution in [0.15, 0.2) is 42.7 Å². The SMILES string of the molecule is CCCC1C(C(=O)N2CCC(C#N)(c3ccccc3OCC(C)(C)C(=O)O)CC2)CCCN1C(=O)c1cnccc1C(F)(F)F. The van der Waals surface area contributed by atoms with E-state index in [1.807, 2.05) is 6.92 Å². The van der Waals surface area contributed by atoms with Crippen LogP contribution in [0.1, 0.15) is 80.8 Å². The topological polar surface area (TPSA) is 124 Å². The third-order valence-electron chi connectivity index (χ3n) is 9.01. The molecule has 2 aliphatic rings. The van der Waals surface area contributed by atoms with Crippen molar-refractivity contribution < 1.29 is 37.4 Å². The number of carboxylic acid groups (broad SMARTS) is 1. The highest BCUT2D eigenvalue weighted by Gasteiger charge is 2.45. The number of likely N-dealkylation sites (tertiary alicyclic amines) is 2. The molecule has 2 fully saturated rings. The number of nitrogens with zero attached hydrogens (tertiary/aromatic N) is 4. The first-order valence-corrected chi connectivity index (χ1v) is 15.2. The lowest BCUT2D eigenvalue weighted by molar-refractivity contribution is -0.148. The molecule has 1 aromatic carbocycles. The standard InChI is InChI=1S/C33H39F3N4O5/c1-4-8-26-22(9-7-16-40(26)29(42)23-19-38-15-12-24(23)33(34,35)36)28(41)39-17-13-32(20-37,14-18-39)25-10-5-6-11-27(25)45-21-31(2,3)30(43)44/h5-6,10-12,15,19,22,26H,4,7-9,13-14,16-18,21H2,1-3H3,(H,43,44). The number of carbonyl (C=O) groups excluding carboxylic acids is 2. The number of hydrogen-bond acceptors (Lipinski definition) is 6. The van der Waals surface area contributed by atoms with Crippen molar-refractivity contribution in [2.45, 2.75) is 76.9 Å².